The van der Waals surface area contributed by atoms with Crippen molar-refractivity contribution < 1.29 is 4.74 Å². The summed E-state index contributed by atoms with van der Waals surface area (Å²) in [6.07, 6.45) is 2.28. The van der Waals surface area contributed by atoms with Crippen LogP contribution in [0.4, 0.5) is 0 Å². The van der Waals surface area contributed by atoms with Crippen LogP contribution in [0.1, 0.15) is 25.3 Å². The Morgan fingerprint density at radius 2 is 2.24 bits per heavy atom. The lowest BCUT2D eigenvalue weighted by Crippen LogP contribution is -2.32. The van der Waals surface area contributed by atoms with Gasteiger partial charge in [-0.05, 0) is 24.1 Å². The molecule has 1 atom stereocenters. The van der Waals surface area contributed by atoms with Crippen LogP contribution < -0.4 is 5.32 Å². The Hall–Kier alpha value is -0.0900. The summed E-state index contributed by atoms with van der Waals surface area (Å²) in [6, 6.07) is 6.28. The summed E-state index contributed by atoms with van der Waals surface area (Å²) in [4.78, 5) is 0. The summed E-state index contributed by atoms with van der Waals surface area (Å²) in [5, 5.41) is 4.25. The van der Waals surface area contributed by atoms with E-state index in [1.165, 1.54) is 5.56 Å². The molecule has 0 aliphatic rings. The number of nitrogens with one attached hydrogen (secondary N) is 1. The second-order valence-corrected chi connectivity index (χ2v) is 5.35. The van der Waals surface area contributed by atoms with Gasteiger partial charge in [-0.1, -0.05) is 46.9 Å². The standard InChI is InChI=1S/C13H19BrClNO/c1-3-4-12(9-17-2)16-8-10-5-6-11(15)7-13(10)14/h5-7,12,16H,3-4,8-9H2,1-2H3. The molecule has 1 aromatic rings. The van der Waals surface area contributed by atoms with Crippen LogP contribution in [-0.4, -0.2) is 19.8 Å². The molecule has 0 aromatic heterocycles. The van der Waals surface area contributed by atoms with Crippen molar-refractivity contribution in [2.45, 2.75) is 32.4 Å². The van der Waals surface area contributed by atoms with Crippen molar-refractivity contribution in [2.24, 2.45) is 0 Å². The smallest absolute Gasteiger partial charge is 0.0615 e. The molecule has 4 heteroatoms. The molecule has 0 amide bonds. The molecule has 96 valence electrons. The van der Waals surface area contributed by atoms with Gasteiger partial charge < -0.3 is 10.1 Å². The lowest BCUT2D eigenvalue weighted by atomic mass is 10.1. The molecule has 1 rings (SSSR count). The minimum absolute atomic E-state index is 0.410. The highest BCUT2D eigenvalue weighted by molar-refractivity contribution is 9.10. The quantitative estimate of drug-likeness (QED) is 0.819. The van der Waals surface area contributed by atoms with Gasteiger partial charge in [-0.15, -0.1) is 0 Å². The number of benzene rings is 1. The van der Waals surface area contributed by atoms with Crippen LogP contribution in [0.15, 0.2) is 22.7 Å². The first-order chi connectivity index (χ1) is 8.17. The van der Waals surface area contributed by atoms with Crippen molar-refractivity contribution in [1.82, 2.24) is 5.32 Å². The average Bonchev–Trinajstić information content (AvgIpc) is 2.28. The van der Waals surface area contributed by atoms with Crippen molar-refractivity contribution in [3.05, 3.63) is 33.3 Å². The third-order valence-corrected chi connectivity index (χ3v) is 3.57. The largest absolute Gasteiger partial charge is 0.383 e. The lowest BCUT2D eigenvalue weighted by Gasteiger charge is -2.17. The van der Waals surface area contributed by atoms with E-state index in [4.69, 9.17) is 16.3 Å². The van der Waals surface area contributed by atoms with Crippen LogP contribution in [0.5, 0.6) is 0 Å². The van der Waals surface area contributed by atoms with E-state index in [0.29, 0.717) is 6.04 Å². The van der Waals surface area contributed by atoms with E-state index in [9.17, 15) is 0 Å². The van der Waals surface area contributed by atoms with Crippen LogP contribution in [-0.2, 0) is 11.3 Å². The van der Waals surface area contributed by atoms with Crippen molar-refractivity contribution in [1.29, 1.82) is 0 Å². The maximum Gasteiger partial charge on any atom is 0.0615 e. The second-order valence-electron chi connectivity index (χ2n) is 4.06. The molecule has 0 fully saturated rings. The molecule has 1 aromatic carbocycles. The first kappa shape index (κ1) is 15.0. The first-order valence-corrected chi connectivity index (χ1v) is 7.00. The fourth-order valence-corrected chi connectivity index (χ4v) is 2.54. The van der Waals surface area contributed by atoms with Gasteiger partial charge in [0.05, 0.1) is 6.61 Å². The summed E-state index contributed by atoms with van der Waals surface area (Å²) in [5.41, 5.74) is 1.21. The molecule has 1 N–H and O–H groups in total. The van der Waals surface area contributed by atoms with E-state index in [1.54, 1.807) is 7.11 Å². The predicted molar refractivity (Wildman–Crippen MR) is 76.6 cm³/mol. The van der Waals surface area contributed by atoms with E-state index >= 15 is 0 Å². The molecule has 0 aliphatic carbocycles. The number of rotatable bonds is 7. The fourth-order valence-electron chi connectivity index (χ4n) is 1.71. The number of methoxy groups -OCH3 is 1. The maximum absolute atomic E-state index is 5.91. The van der Waals surface area contributed by atoms with Gasteiger partial charge in [0.2, 0.25) is 0 Å². The predicted octanol–water partition coefficient (Wildman–Crippen LogP) is 4.01. The number of hydrogen-bond donors (Lipinski definition) is 1. The molecule has 0 heterocycles. The molecule has 0 spiro atoms. The van der Waals surface area contributed by atoms with Crippen LogP contribution in [0.2, 0.25) is 5.02 Å². The van der Waals surface area contributed by atoms with E-state index < -0.39 is 0 Å². The molecule has 17 heavy (non-hydrogen) atoms. The number of hydrogen-bond acceptors (Lipinski definition) is 2. The Kier molecular flexibility index (Phi) is 7.12. The zero-order valence-corrected chi connectivity index (χ0v) is 12.6. The van der Waals surface area contributed by atoms with Gasteiger partial charge in [0, 0.05) is 29.2 Å². The van der Waals surface area contributed by atoms with Crippen LogP contribution in [0.25, 0.3) is 0 Å². The SMILES string of the molecule is CCCC(COC)NCc1ccc(Cl)cc1Br. The maximum atomic E-state index is 5.91. The normalized spacial score (nSPS) is 12.7. The topological polar surface area (TPSA) is 21.3 Å². The average molecular weight is 321 g/mol. The number of ether oxygens (including phenoxy) is 1. The van der Waals surface area contributed by atoms with Gasteiger partial charge in [0.1, 0.15) is 0 Å². The molecule has 0 saturated carbocycles. The molecular weight excluding hydrogens is 302 g/mol. The highest BCUT2D eigenvalue weighted by atomic mass is 79.9. The molecule has 0 aliphatic heterocycles. The zero-order chi connectivity index (χ0) is 12.7. The zero-order valence-electron chi connectivity index (χ0n) is 10.3. The Morgan fingerprint density at radius 3 is 2.82 bits per heavy atom. The van der Waals surface area contributed by atoms with Gasteiger partial charge in [-0.25, -0.2) is 0 Å². The van der Waals surface area contributed by atoms with Gasteiger partial charge in [0.15, 0.2) is 0 Å². The molecule has 0 bridgehead atoms. The van der Waals surface area contributed by atoms with Gasteiger partial charge in [-0.2, -0.15) is 0 Å². The van der Waals surface area contributed by atoms with Crippen LogP contribution >= 0.6 is 27.5 Å². The van der Waals surface area contributed by atoms with E-state index in [1.807, 2.05) is 18.2 Å². The molecular formula is C13H19BrClNO. The van der Waals surface area contributed by atoms with E-state index in [-0.39, 0.29) is 0 Å². The molecule has 0 saturated heterocycles. The molecule has 1 unspecified atom stereocenters. The third-order valence-electron chi connectivity index (χ3n) is 2.60. The first-order valence-electron chi connectivity index (χ1n) is 5.83. The van der Waals surface area contributed by atoms with E-state index in [2.05, 4.69) is 28.2 Å². The second kappa shape index (κ2) is 8.09. The van der Waals surface area contributed by atoms with Gasteiger partial charge in [-0.3, -0.25) is 0 Å². The van der Waals surface area contributed by atoms with Crippen molar-refractivity contribution in [3.63, 3.8) is 0 Å². The van der Waals surface area contributed by atoms with Crippen molar-refractivity contribution >= 4 is 27.5 Å². The summed E-state index contributed by atoms with van der Waals surface area (Å²) in [7, 11) is 1.74. The minimum atomic E-state index is 0.410. The van der Waals surface area contributed by atoms with Crippen LogP contribution in [0, 0.1) is 0 Å². The van der Waals surface area contributed by atoms with Crippen molar-refractivity contribution in [2.75, 3.05) is 13.7 Å². The molecule has 2 nitrogen and oxygen atoms in total. The highest BCUT2D eigenvalue weighted by Gasteiger charge is 2.08. The minimum Gasteiger partial charge on any atom is -0.383 e. The summed E-state index contributed by atoms with van der Waals surface area (Å²) < 4.78 is 6.25. The summed E-state index contributed by atoms with van der Waals surface area (Å²) in [5.74, 6) is 0. The fraction of sp³-hybridized carbons (Fsp3) is 0.538. The van der Waals surface area contributed by atoms with Gasteiger partial charge in [0.25, 0.3) is 0 Å². The van der Waals surface area contributed by atoms with Crippen LogP contribution in [0.3, 0.4) is 0 Å². The van der Waals surface area contributed by atoms with Gasteiger partial charge >= 0.3 is 0 Å². The highest BCUT2D eigenvalue weighted by Crippen LogP contribution is 2.21. The third kappa shape index (κ3) is 5.38. The Bertz CT molecular complexity index is 340. The number of halogens is 2. The molecule has 0 radical (unpaired) electrons. The summed E-state index contributed by atoms with van der Waals surface area (Å²) in [6.45, 7) is 3.76. The monoisotopic (exact) mass is 319 g/mol. The van der Waals surface area contributed by atoms with E-state index in [0.717, 1.165) is 35.5 Å². The summed E-state index contributed by atoms with van der Waals surface area (Å²) >= 11 is 9.43. The van der Waals surface area contributed by atoms with Crippen molar-refractivity contribution in [3.8, 4) is 0 Å². The Labute approximate surface area is 117 Å². The Balaban J connectivity index is 2.52. The lowest BCUT2D eigenvalue weighted by molar-refractivity contribution is 0.161. The Morgan fingerprint density at radius 1 is 1.47 bits per heavy atom.